The average molecular weight is 240 g/mol. The SMILES string of the molecule is CC(C)N1CCCC2(CCOCC2)C1C(N)=O. The molecule has 0 bridgehead atoms. The molecule has 0 aliphatic carbocycles. The Hall–Kier alpha value is -0.610. The molecule has 1 unspecified atom stereocenters. The van der Waals surface area contributed by atoms with E-state index in [9.17, 15) is 4.79 Å². The van der Waals surface area contributed by atoms with Gasteiger partial charge in [0.2, 0.25) is 5.91 Å². The first kappa shape index (κ1) is 12.8. The van der Waals surface area contributed by atoms with Gasteiger partial charge in [0.05, 0.1) is 6.04 Å². The number of primary amides is 1. The molecule has 0 aromatic heterocycles. The zero-order valence-corrected chi connectivity index (χ0v) is 10.9. The number of nitrogens with two attached hydrogens (primary N) is 1. The van der Waals surface area contributed by atoms with Crippen molar-refractivity contribution in [2.45, 2.75) is 51.6 Å². The summed E-state index contributed by atoms with van der Waals surface area (Å²) in [6.45, 7) is 6.84. The van der Waals surface area contributed by atoms with Crippen molar-refractivity contribution >= 4 is 5.91 Å². The number of likely N-dealkylation sites (tertiary alicyclic amines) is 1. The lowest BCUT2D eigenvalue weighted by atomic mass is 9.67. The van der Waals surface area contributed by atoms with Gasteiger partial charge in [-0.05, 0) is 51.5 Å². The van der Waals surface area contributed by atoms with Gasteiger partial charge in [-0.1, -0.05) is 0 Å². The molecule has 2 fully saturated rings. The van der Waals surface area contributed by atoms with Crippen LogP contribution in [0.5, 0.6) is 0 Å². The van der Waals surface area contributed by atoms with E-state index in [0.717, 1.165) is 39.0 Å². The lowest BCUT2D eigenvalue weighted by Gasteiger charge is -2.51. The van der Waals surface area contributed by atoms with Crippen molar-refractivity contribution in [1.82, 2.24) is 4.90 Å². The standard InChI is InChI=1S/C13H24N2O2/c1-10(2)15-7-3-4-13(11(15)12(14)16)5-8-17-9-6-13/h10-11H,3-9H2,1-2H3,(H2,14,16). The minimum Gasteiger partial charge on any atom is -0.381 e. The third-order valence-corrected chi connectivity index (χ3v) is 4.42. The lowest BCUT2D eigenvalue weighted by molar-refractivity contribution is -0.139. The van der Waals surface area contributed by atoms with Gasteiger partial charge >= 0.3 is 0 Å². The third-order valence-electron chi connectivity index (χ3n) is 4.42. The van der Waals surface area contributed by atoms with Gasteiger partial charge in [-0.2, -0.15) is 0 Å². The molecule has 4 nitrogen and oxygen atoms in total. The molecule has 2 rings (SSSR count). The summed E-state index contributed by atoms with van der Waals surface area (Å²) in [6.07, 6.45) is 4.24. The maximum atomic E-state index is 11.9. The number of carbonyl (C=O) groups excluding carboxylic acids is 1. The summed E-state index contributed by atoms with van der Waals surface area (Å²) in [6, 6.07) is 0.285. The van der Waals surface area contributed by atoms with Gasteiger partial charge in [-0.15, -0.1) is 0 Å². The molecule has 4 heteroatoms. The van der Waals surface area contributed by atoms with E-state index in [1.165, 1.54) is 6.42 Å². The van der Waals surface area contributed by atoms with Crippen molar-refractivity contribution in [1.29, 1.82) is 0 Å². The summed E-state index contributed by atoms with van der Waals surface area (Å²) >= 11 is 0. The minimum absolute atomic E-state index is 0.0760. The van der Waals surface area contributed by atoms with Crippen molar-refractivity contribution in [3.8, 4) is 0 Å². The smallest absolute Gasteiger partial charge is 0.235 e. The number of ether oxygens (including phenoxy) is 1. The molecule has 0 aromatic carbocycles. The molecule has 1 amide bonds. The summed E-state index contributed by atoms with van der Waals surface area (Å²) in [5.74, 6) is -0.152. The van der Waals surface area contributed by atoms with Crippen LogP contribution in [0.4, 0.5) is 0 Å². The highest BCUT2D eigenvalue weighted by Crippen LogP contribution is 2.44. The van der Waals surface area contributed by atoms with Crippen LogP contribution in [-0.4, -0.2) is 42.6 Å². The van der Waals surface area contributed by atoms with E-state index in [0.29, 0.717) is 6.04 Å². The van der Waals surface area contributed by atoms with Gasteiger partial charge in [0.15, 0.2) is 0 Å². The van der Waals surface area contributed by atoms with E-state index in [1.807, 2.05) is 0 Å². The fraction of sp³-hybridized carbons (Fsp3) is 0.923. The summed E-state index contributed by atoms with van der Waals surface area (Å²) in [5.41, 5.74) is 5.76. The summed E-state index contributed by atoms with van der Waals surface area (Å²) in [4.78, 5) is 14.2. The second kappa shape index (κ2) is 4.94. The molecule has 2 saturated heterocycles. The highest BCUT2D eigenvalue weighted by atomic mass is 16.5. The van der Waals surface area contributed by atoms with Crippen LogP contribution in [-0.2, 0) is 9.53 Å². The monoisotopic (exact) mass is 240 g/mol. The molecule has 1 atom stereocenters. The Morgan fingerprint density at radius 3 is 2.53 bits per heavy atom. The van der Waals surface area contributed by atoms with Crippen LogP contribution in [0.2, 0.25) is 0 Å². The summed E-state index contributed by atoms with van der Waals surface area (Å²) in [7, 11) is 0. The van der Waals surface area contributed by atoms with E-state index in [4.69, 9.17) is 10.5 Å². The van der Waals surface area contributed by atoms with Gasteiger partial charge in [0.25, 0.3) is 0 Å². The third kappa shape index (κ3) is 2.33. The molecular formula is C13H24N2O2. The molecule has 0 aromatic rings. The molecule has 2 aliphatic heterocycles. The molecule has 17 heavy (non-hydrogen) atoms. The molecule has 1 spiro atoms. The summed E-state index contributed by atoms with van der Waals surface area (Å²) < 4.78 is 5.45. The lowest BCUT2D eigenvalue weighted by Crippen LogP contribution is -2.61. The molecule has 2 aliphatic rings. The number of carbonyl (C=O) groups is 1. The first-order valence-electron chi connectivity index (χ1n) is 6.70. The number of rotatable bonds is 2. The molecule has 2 heterocycles. The van der Waals surface area contributed by atoms with Gasteiger partial charge in [0.1, 0.15) is 0 Å². The second-order valence-corrected chi connectivity index (χ2v) is 5.71. The van der Waals surface area contributed by atoms with Crippen molar-refractivity contribution in [2.24, 2.45) is 11.1 Å². The zero-order chi connectivity index (χ0) is 12.5. The number of nitrogens with zero attached hydrogens (tertiary/aromatic N) is 1. The maximum Gasteiger partial charge on any atom is 0.235 e. The normalized spacial score (nSPS) is 29.7. The van der Waals surface area contributed by atoms with Crippen LogP contribution in [0.25, 0.3) is 0 Å². The van der Waals surface area contributed by atoms with Crippen LogP contribution in [0.1, 0.15) is 39.5 Å². The molecule has 0 radical (unpaired) electrons. The minimum atomic E-state index is -0.152. The Bertz CT molecular complexity index is 280. The predicted molar refractivity (Wildman–Crippen MR) is 66.5 cm³/mol. The largest absolute Gasteiger partial charge is 0.381 e. The van der Waals surface area contributed by atoms with E-state index < -0.39 is 0 Å². The predicted octanol–water partition coefficient (Wildman–Crippen LogP) is 1.14. The van der Waals surface area contributed by atoms with Crippen LogP contribution in [0.15, 0.2) is 0 Å². The first-order valence-corrected chi connectivity index (χ1v) is 6.70. The number of piperidine rings is 1. The van der Waals surface area contributed by atoms with Gasteiger partial charge in [0, 0.05) is 19.3 Å². The van der Waals surface area contributed by atoms with E-state index >= 15 is 0 Å². The first-order chi connectivity index (χ1) is 8.07. The van der Waals surface area contributed by atoms with E-state index in [1.54, 1.807) is 0 Å². The zero-order valence-electron chi connectivity index (χ0n) is 10.9. The number of hydrogen-bond acceptors (Lipinski definition) is 3. The second-order valence-electron chi connectivity index (χ2n) is 5.71. The molecule has 2 N–H and O–H groups in total. The van der Waals surface area contributed by atoms with E-state index in [-0.39, 0.29) is 17.4 Å². The Balaban J connectivity index is 2.26. The number of amides is 1. The Morgan fingerprint density at radius 1 is 1.35 bits per heavy atom. The number of hydrogen-bond donors (Lipinski definition) is 1. The highest BCUT2D eigenvalue weighted by Gasteiger charge is 2.48. The van der Waals surface area contributed by atoms with Crippen molar-refractivity contribution < 1.29 is 9.53 Å². The fourth-order valence-corrected chi connectivity index (χ4v) is 3.55. The molecule has 98 valence electrons. The Labute approximate surface area is 103 Å². The topological polar surface area (TPSA) is 55.6 Å². The van der Waals surface area contributed by atoms with Crippen molar-refractivity contribution in [3.05, 3.63) is 0 Å². The highest BCUT2D eigenvalue weighted by molar-refractivity contribution is 5.81. The van der Waals surface area contributed by atoms with E-state index in [2.05, 4.69) is 18.7 Å². The van der Waals surface area contributed by atoms with Crippen LogP contribution >= 0.6 is 0 Å². The van der Waals surface area contributed by atoms with Gasteiger partial charge in [-0.3, -0.25) is 9.69 Å². The van der Waals surface area contributed by atoms with Gasteiger partial charge < -0.3 is 10.5 Å². The Morgan fingerprint density at radius 2 is 2.00 bits per heavy atom. The van der Waals surface area contributed by atoms with Gasteiger partial charge in [-0.25, -0.2) is 0 Å². The summed E-state index contributed by atoms with van der Waals surface area (Å²) in [5, 5.41) is 0. The fourth-order valence-electron chi connectivity index (χ4n) is 3.55. The van der Waals surface area contributed by atoms with Crippen molar-refractivity contribution in [3.63, 3.8) is 0 Å². The van der Waals surface area contributed by atoms with Crippen LogP contribution in [0.3, 0.4) is 0 Å². The average Bonchev–Trinajstić information content (AvgIpc) is 2.29. The van der Waals surface area contributed by atoms with Crippen molar-refractivity contribution in [2.75, 3.05) is 19.8 Å². The maximum absolute atomic E-state index is 11.9. The van der Waals surface area contributed by atoms with Crippen LogP contribution < -0.4 is 5.73 Å². The quantitative estimate of drug-likeness (QED) is 0.787. The molecular weight excluding hydrogens is 216 g/mol. The van der Waals surface area contributed by atoms with Crippen LogP contribution in [0, 0.1) is 5.41 Å². The molecule has 0 saturated carbocycles. The Kier molecular flexibility index (Phi) is 3.73.